The van der Waals surface area contributed by atoms with Gasteiger partial charge in [-0.1, -0.05) is 20.8 Å². The molecule has 0 bridgehead atoms. The molecule has 5 N–H and O–H groups in total. The third-order valence-electron chi connectivity index (χ3n) is 16.4. The number of amides is 1. The van der Waals surface area contributed by atoms with E-state index in [-0.39, 0.29) is 61.5 Å². The van der Waals surface area contributed by atoms with Crippen molar-refractivity contribution >= 4 is 57.9 Å². The number of fused-ring (bicyclic) bond motifs is 2. The van der Waals surface area contributed by atoms with Gasteiger partial charge in [0.2, 0.25) is 0 Å². The van der Waals surface area contributed by atoms with E-state index in [2.05, 4.69) is 20.3 Å². The number of nitrogens with zero attached hydrogens (tertiary/aromatic N) is 5. The number of ketones is 1. The number of esters is 2. The van der Waals surface area contributed by atoms with Crippen LogP contribution in [0.25, 0.3) is 11.0 Å². The van der Waals surface area contributed by atoms with Gasteiger partial charge in [0.15, 0.2) is 24.0 Å². The average molecular weight is 1070 g/mol. The van der Waals surface area contributed by atoms with Gasteiger partial charge < -0.3 is 68.6 Å². The number of pyridine rings is 2. The molecule has 0 aliphatic carbocycles. The summed E-state index contributed by atoms with van der Waals surface area (Å²) in [6.45, 7) is 16.4. The quantitative estimate of drug-likeness (QED) is 0.158. The van der Waals surface area contributed by atoms with Gasteiger partial charge in [-0.3, -0.25) is 24.2 Å². The lowest BCUT2D eigenvalue weighted by Crippen LogP contribution is -2.59. The Morgan fingerprint density at radius 3 is 2.29 bits per heavy atom. The van der Waals surface area contributed by atoms with Crippen LogP contribution in [0.3, 0.4) is 0 Å². The molecule has 3 unspecified atom stereocenters. The number of rotatable bonds is 14. The smallest absolute Gasteiger partial charge is 0.320 e. The van der Waals surface area contributed by atoms with Crippen molar-refractivity contribution in [2.45, 2.75) is 184 Å². The summed E-state index contributed by atoms with van der Waals surface area (Å²) in [5, 5.41) is 24.9. The Labute approximate surface area is 443 Å². The summed E-state index contributed by atoms with van der Waals surface area (Å²) < 4.78 is 53.2. The van der Waals surface area contributed by atoms with Crippen molar-refractivity contribution in [3.63, 3.8) is 0 Å². The van der Waals surface area contributed by atoms with Gasteiger partial charge in [-0.05, 0) is 87.0 Å². The second-order valence-electron chi connectivity index (χ2n) is 21.8. The average Bonchev–Trinajstić information content (AvgIpc) is 3.92. The monoisotopic (exact) mass is 1070 g/mol. The number of hydrogen-bond donors (Lipinski definition) is 4. The summed E-state index contributed by atoms with van der Waals surface area (Å²) >= 11 is 1.30. The number of carbonyl (C=O) groups is 4. The molecule has 75 heavy (non-hydrogen) atoms. The standard InChI is InChI=1S/C53H79N7O14S/c1-14-36-53(9)39(44(49(66)74-53)75-20-19-60-26-57-40-41(60)33(25-56-46(40)54)47(64)58-32-15-17-55-18-16-32)30(5)42(61)27(2)23-51(7,67-12)37(73-50-43(62)34(59(10)11)21-28(3)69-50)22-35(29(4)48(65)72-36)71-38-24-52(8,68-13)45(63)31(6)70-38/h15-18,25-31,34-39,43-45,50,62-63H,14,19-24H2,1-13H3,(H2,54,56)(H,55,58,64)/t27-,28-,29?,30?,31+,34+,35+,36-,37-,38+,39+,43-,44+,45+,50+,51-,52?,53-/m1/s1. The highest BCUT2D eigenvalue weighted by Gasteiger charge is 2.61. The summed E-state index contributed by atoms with van der Waals surface area (Å²) in [6, 6.07) is 3.01. The molecule has 21 nitrogen and oxygen atoms in total. The van der Waals surface area contributed by atoms with Crippen molar-refractivity contribution in [3.8, 4) is 0 Å². The third-order valence-corrected chi connectivity index (χ3v) is 17.6. The largest absolute Gasteiger partial charge is 0.458 e. The Morgan fingerprint density at radius 2 is 1.64 bits per heavy atom. The van der Waals surface area contributed by atoms with Crippen LogP contribution in [0.4, 0.5) is 11.5 Å². The Bertz CT molecular complexity index is 2490. The van der Waals surface area contributed by atoms with Crippen molar-refractivity contribution in [1.29, 1.82) is 0 Å². The predicted molar refractivity (Wildman–Crippen MR) is 278 cm³/mol. The van der Waals surface area contributed by atoms with E-state index < -0.39 is 113 Å². The number of ether oxygens (including phenoxy) is 8. The van der Waals surface area contributed by atoms with Crippen LogP contribution in [0.15, 0.2) is 37.1 Å². The predicted octanol–water partition coefficient (Wildman–Crippen LogP) is 4.79. The topological polar surface area (TPSA) is 267 Å². The highest BCUT2D eigenvalue weighted by molar-refractivity contribution is 8.00. The zero-order valence-corrected chi connectivity index (χ0v) is 46.4. The number of nitrogen functional groups attached to an aromatic ring is 1. The lowest BCUT2D eigenvalue weighted by atomic mass is 9.70. The van der Waals surface area contributed by atoms with E-state index in [1.807, 2.05) is 46.7 Å². The van der Waals surface area contributed by atoms with Crippen molar-refractivity contribution in [3.05, 3.63) is 42.6 Å². The minimum Gasteiger partial charge on any atom is -0.458 e. The van der Waals surface area contributed by atoms with Gasteiger partial charge >= 0.3 is 11.9 Å². The summed E-state index contributed by atoms with van der Waals surface area (Å²) in [5.74, 6) is -4.74. The van der Waals surface area contributed by atoms with E-state index in [1.54, 1.807) is 70.0 Å². The number of anilines is 2. The van der Waals surface area contributed by atoms with E-state index in [4.69, 9.17) is 43.6 Å². The highest BCUT2D eigenvalue weighted by atomic mass is 32.2. The molecule has 0 aromatic carbocycles. The summed E-state index contributed by atoms with van der Waals surface area (Å²) in [6.07, 6.45) is -1.16. The first-order valence-corrected chi connectivity index (χ1v) is 27.1. The first-order chi connectivity index (χ1) is 35.4. The van der Waals surface area contributed by atoms with Crippen LogP contribution >= 0.6 is 11.8 Å². The molecular weight excluding hydrogens is 991 g/mol. The Morgan fingerprint density at radius 1 is 0.947 bits per heavy atom. The molecule has 22 heteroatoms. The number of aryl methyl sites for hydroxylation is 1. The molecule has 0 radical (unpaired) electrons. The molecule has 4 aliphatic heterocycles. The van der Waals surface area contributed by atoms with Crippen LogP contribution in [0.1, 0.15) is 105 Å². The Kier molecular flexibility index (Phi) is 18.4. The number of carbonyl (C=O) groups excluding carboxylic acids is 4. The van der Waals surface area contributed by atoms with Gasteiger partial charge in [-0.25, -0.2) is 9.97 Å². The van der Waals surface area contributed by atoms with E-state index in [1.165, 1.54) is 32.2 Å². The van der Waals surface area contributed by atoms with Gasteiger partial charge in [-0.15, -0.1) is 11.8 Å². The van der Waals surface area contributed by atoms with Crippen LogP contribution in [0.5, 0.6) is 0 Å². The van der Waals surface area contributed by atoms with Crippen molar-refractivity contribution < 1.29 is 67.3 Å². The lowest BCUT2D eigenvalue weighted by molar-refractivity contribution is -0.309. The highest BCUT2D eigenvalue weighted by Crippen LogP contribution is 2.49. The third kappa shape index (κ3) is 12.0. The number of thioether (sulfide) groups is 1. The molecule has 4 fully saturated rings. The number of aliphatic hydroxyl groups excluding tert-OH is 2. The molecule has 0 saturated carbocycles. The fourth-order valence-corrected chi connectivity index (χ4v) is 13.1. The van der Waals surface area contributed by atoms with Crippen molar-refractivity contribution in [1.82, 2.24) is 24.4 Å². The number of hydrogen-bond acceptors (Lipinski definition) is 20. The molecule has 4 aliphatic rings. The molecule has 0 spiro atoms. The number of nitrogens with two attached hydrogens (primary N) is 1. The molecule has 7 rings (SSSR count). The summed E-state index contributed by atoms with van der Waals surface area (Å²) in [4.78, 5) is 72.9. The molecule has 18 atom stereocenters. The normalized spacial score (nSPS) is 38.2. The number of likely N-dealkylation sites (N-methyl/N-ethyl adjacent to an activating group) is 1. The molecule has 3 aromatic rings. The SMILES string of the molecule is CC[C@H]1OC(=O)C(C)[C@@H](O[C@H]2CC(C)(OC)[C@@H](O)[C@H](C)O2)C[C@@H](O[C@@H]2O[C@H](C)C[C@H](N(C)C)[C@H]2O)[C@](C)(OC)C[C@@H](C)C(=O)C(C)[C@H]2[C@H](SCCn3cnc4c(N)ncc(C(=O)Nc5ccncc5)c43)C(=O)O[C@]12C. The van der Waals surface area contributed by atoms with Crippen molar-refractivity contribution in [2.24, 2.45) is 23.7 Å². The van der Waals surface area contributed by atoms with Crippen LogP contribution in [0.2, 0.25) is 0 Å². The fourth-order valence-electron chi connectivity index (χ4n) is 11.7. The molecule has 416 valence electrons. The fraction of sp³-hybridized carbons (Fsp3) is 0.717. The van der Waals surface area contributed by atoms with E-state index in [0.29, 0.717) is 28.9 Å². The first kappa shape index (κ1) is 58.3. The van der Waals surface area contributed by atoms with Gasteiger partial charge in [0.05, 0.1) is 58.9 Å². The van der Waals surface area contributed by atoms with Crippen LogP contribution in [0, 0.1) is 23.7 Å². The number of Topliss-reactive ketones (excluding diaryl/α,β-unsaturated/α-hetero) is 1. The molecule has 3 aromatic heterocycles. The van der Waals surface area contributed by atoms with Gasteiger partial charge in [0.1, 0.15) is 34.9 Å². The molecule has 7 heterocycles. The Hall–Kier alpha value is -4.36. The second-order valence-corrected chi connectivity index (χ2v) is 23.0. The maximum Gasteiger partial charge on any atom is 0.320 e. The zero-order chi connectivity index (χ0) is 54.9. The number of aliphatic hydroxyl groups is 2. The van der Waals surface area contributed by atoms with E-state index in [9.17, 15) is 24.6 Å². The second kappa shape index (κ2) is 23.7. The van der Waals surface area contributed by atoms with Gasteiger partial charge in [-0.2, -0.15) is 0 Å². The minimum atomic E-state index is -1.48. The molecule has 4 saturated heterocycles. The molecule has 1 amide bonds. The van der Waals surface area contributed by atoms with E-state index in [0.717, 1.165) is 0 Å². The van der Waals surface area contributed by atoms with Gasteiger partial charge in [0.25, 0.3) is 5.91 Å². The van der Waals surface area contributed by atoms with E-state index >= 15 is 4.79 Å². The summed E-state index contributed by atoms with van der Waals surface area (Å²) in [7, 11) is 6.79. The maximum atomic E-state index is 15.2. The Balaban J connectivity index is 1.23. The maximum absolute atomic E-state index is 15.2. The number of methoxy groups -OCH3 is 2. The number of cyclic esters (lactones) is 1. The zero-order valence-electron chi connectivity index (χ0n) is 45.6. The van der Waals surface area contributed by atoms with Crippen LogP contribution < -0.4 is 11.1 Å². The number of nitrogens with one attached hydrogen (secondary N) is 1. The first-order valence-electron chi connectivity index (χ1n) is 26.0. The lowest BCUT2D eigenvalue weighted by Gasteiger charge is -2.48. The van der Waals surface area contributed by atoms with Gasteiger partial charge in [0, 0.05) is 87.4 Å². The number of aromatic nitrogens is 4. The van der Waals surface area contributed by atoms with Crippen LogP contribution in [-0.2, 0) is 58.8 Å². The summed E-state index contributed by atoms with van der Waals surface area (Å²) in [5.41, 5.74) is 3.99. The number of imidazole rings is 1. The van der Waals surface area contributed by atoms with Crippen molar-refractivity contribution in [2.75, 3.05) is 45.1 Å². The van der Waals surface area contributed by atoms with Crippen LogP contribution in [-0.4, -0.2) is 176 Å². The molecular formula is C53H79N7O14S. The minimum absolute atomic E-state index is 0.0260.